The third-order valence-corrected chi connectivity index (χ3v) is 6.60. The van der Waals surface area contributed by atoms with Gasteiger partial charge in [-0.3, -0.25) is 19.4 Å². The highest BCUT2D eigenvalue weighted by atomic mass is 16.6. The molecule has 168 valence electrons. The summed E-state index contributed by atoms with van der Waals surface area (Å²) in [4.78, 5) is 38.8. The van der Waals surface area contributed by atoms with Crippen LogP contribution in [0, 0.1) is 5.92 Å². The molecule has 9 heteroatoms. The second-order valence-electron chi connectivity index (χ2n) is 8.57. The van der Waals surface area contributed by atoms with E-state index in [0.717, 1.165) is 25.7 Å². The number of hydrazine groups is 1. The van der Waals surface area contributed by atoms with Gasteiger partial charge in [0.15, 0.2) is 11.5 Å². The Morgan fingerprint density at radius 1 is 1.16 bits per heavy atom. The quantitative estimate of drug-likeness (QED) is 0.549. The van der Waals surface area contributed by atoms with Crippen LogP contribution in [0.3, 0.4) is 0 Å². The van der Waals surface area contributed by atoms with Gasteiger partial charge in [0.2, 0.25) is 11.6 Å². The molecule has 1 saturated carbocycles. The summed E-state index contributed by atoms with van der Waals surface area (Å²) in [6, 6.07) is 4.54. The van der Waals surface area contributed by atoms with Gasteiger partial charge >= 0.3 is 5.97 Å². The summed E-state index contributed by atoms with van der Waals surface area (Å²) < 4.78 is 10.6. The molecule has 31 heavy (non-hydrogen) atoms. The van der Waals surface area contributed by atoms with E-state index in [1.807, 2.05) is 0 Å². The summed E-state index contributed by atoms with van der Waals surface area (Å²) in [7, 11) is 1.46. The van der Waals surface area contributed by atoms with Gasteiger partial charge in [0.1, 0.15) is 0 Å². The molecule has 2 heterocycles. The lowest BCUT2D eigenvalue weighted by atomic mass is 9.88. The van der Waals surface area contributed by atoms with Crippen LogP contribution < -0.4 is 14.9 Å². The number of benzene rings is 1. The number of rotatable bonds is 4. The van der Waals surface area contributed by atoms with Gasteiger partial charge in [0.05, 0.1) is 19.1 Å². The Morgan fingerprint density at radius 3 is 2.48 bits per heavy atom. The summed E-state index contributed by atoms with van der Waals surface area (Å²) in [6.45, 7) is 3.05. The van der Waals surface area contributed by atoms with Gasteiger partial charge in [0.25, 0.3) is 5.91 Å². The number of amides is 2. The lowest BCUT2D eigenvalue weighted by molar-refractivity contribution is -0.153. The molecule has 1 aromatic rings. The minimum Gasteiger partial charge on any atom is -0.493 e. The first-order valence-electron chi connectivity index (χ1n) is 10.7. The standard InChI is InChI=1S/C22H29N3O6/c1-13(26)25-20(15-9-10-18(31-14(2)27)19(11-15)30-3)17-12-24(16-7-5-4-6-8-16)21(28)22(17,29)23-25/h9-11,16-17,20,23,29H,4-8,12H2,1-3H3. The molecule has 1 aliphatic carbocycles. The molecular weight excluding hydrogens is 402 g/mol. The molecule has 2 N–H and O–H groups in total. The molecule has 0 bridgehead atoms. The largest absolute Gasteiger partial charge is 0.493 e. The second-order valence-corrected chi connectivity index (χ2v) is 8.57. The van der Waals surface area contributed by atoms with Crippen LogP contribution in [-0.2, 0) is 14.4 Å². The van der Waals surface area contributed by atoms with E-state index < -0.39 is 23.7 Å². The highest BCUT2D eigenvalue weighted by Gasteiger charge is 2.64. The molecule has 4 rings (SSSR count). The fourth-order valence-corrected chi connectivity index (χ4v) is 5.17. The monoisotopic (exact) mass is 431 g/mol. The van der Waals surface area contributed by atoms with E-state index >= 15 is 0 Å². The number of nitrogens with zero attached hydrogens (tertiary/aromatic N) is 2. The molecule has 1 aromatic carbocycles. The maximum Gasteiger partial charge on any atom is 0.308 e. The fraction of sp³-hybridized carbons (Fsp3) is 0.591. The zero-order chi connectivity index (χ0) is 22.3. The van der Waals surface area contributed by atoms with Gasteiger partial charge in [-0.1, -0.05) is 25.3 Å². The van der Waals surface area contributed by atoms with Crippen LogP contribution >= 0.6 is 0 Å². The maximum absolute atomic E-state index is 13.2. The number of nitrogens with one attached hydrogen (secondary N) is 1. The molecule has 0 spiro atoms. The van der Waals surface area contributed by atoms with Crippen LogP contribution in [0.1, 0.15) is 57.6 Å². The third-order valence-electron chi connectivity index (χ3n) is 6.60. The normalized spacial score (nSPS) is 28.6. The minimum atomic E-state index is -1.84. The predicted molar refractivity (Wildman–Crippen MR) is 110 cm³/mol. The Labute approximate surface area is 181 Å². The van der Waals surface area contributed by atoms with Crippen molar-refractivity contribution in [3.05, 3.63) is 23.8 Å². The van der Waals surface area contributed by atoms with E-state index in [4.69, 9.17) is 9.47 Å². The van der Waals surface area contributed by atoms with E-state index in [0.29, 0.717) is 17.9 Å². The average molecular weight is 431 g/mol. The molecule has 3 fully saturated rings. The first-order valence-corrected chi connectivity index (χ1v) is 10.7. The Morgan fingerprint density at radius 2 is 1.87 bits per heavy atom. The highest BCUT2D eigenvalue weighted by molar-refractivity contribution is 5.89. The minimum absolute atomic E-state index is 0.116. The van der Waals surface area contributed by atoms with E-state index in [2.05, 4.69) is 5.43 Å². The van der Waals surface area contributed by atoms with Gasteiger partial charge in [-0.15, -0.1) is 0 Å². The molecule has 3 aliphatic rings. The lowest BCUT2D eigenvalue weighted by Crippen LogP contribution is -2.56. The molecule has 2 amide bonds. The van der Waals surface area contributed by atoms with Crippen LogP contribution in [0.15, 0.2) is 18.2 Å². The number of carbonyl (C=O) groups excluding carboxylic acids is 3. The Bertz CT molecular complexity index is 899. The smallest absolute Gasteiger partial charge is 0.308 e. The van der Waals surface area contributed by atoms with Gasteiger partial charge in [-0.2, -0.15) is 5.43 Å². The van der Waals surface area contributed by atoms with Crippen molar-refractivity contribution in [2.75, 3.05) is 13.7 Å². The number of ether oxygens (including phenoxy) is 2. The summed E-state index contributed by atoms with van der Waals surface area (Å²) in [6.07, 6.45) is 5.17. The SMILES string of the molecule is COc1cc(C2C3CN(C4CCCCC4)C(=O)C3(O)NN2C(C)=O)ccc1OC(C)=O. The van der Waals surface area contributed by atoms with Crippen molar-refractivity contribution in [2.24, 2.45) is 5.92 Å². The predicted octanol–water partition coefficient (Wildman–Crippen LogP) is 1.51. The third kappa shape index (κ3) is 3.65. The van der Waals surface area contributed by atoms with E-state index in [9.17, 15) is 19.5 Å². The molecule has 0 aromatic heterocycles. The average Bonchev–Trinajstić information content (AvgIpc) is 3.18. The molecule has 3 atom stereocenters. The molecule has 9 nitrogen and oxygen atoms in total. The van der Waals surface area contributed by atoms with E-state index in [-0.39, 0.29) is 23.6 Å². The number of methoxy groups -OCH3 is 1. The van der Waals surface area contributed by atoms with E-state index in [1.54, 1.807) is 23.1 Å². The topological polar surface area (TPSA) is 108 Å². The van der Waals surface area contributed by atoms with Gasteiger partial charge < -0.3 is 19.5 Å². The molecule has 2 saturated heterocycles. The molecule has 2 aliphatic heterocycles. The summed E-state index contributed by atoms with van der Waals surface area (Å²) >= 11 is 0. The van der Waals surface area contributed by atoms with Crippen LogP contribution in [0.25, 0.3) is 0 Å². The number of hydrogen-bond donors (Lipinski definition) is 2. The number of likely N-dealkylation sites (tertiary alicyclic amines) is 1. The first-order chi connectivity index (χ1) is 14.8. The number of carbonyl (C=O) groups is 3. The number of aliphatic hydroxyl groups is 1. The second kappa shape index (κ2) is 8.12. The molecule has 0 radical (unpaired) electrons. The number of esters is 1. The number of hydrogen-bond acceptors (Lipinski definition) is 7. The molecular formula is C22H29N3O6. The summed E-state index contributed by atoms with van der Waals surface area (Å²) in [5, 5.41) is 12.7. The Kier molecular flexibility index (Phi) is 5.65. The summed E-state index contributed by atoms with van der Waals surface area (Å²) in [5.41, 5.74) is 1.64. The van der Waals surface area contributed by atoms with Crippen LogP contribution in [0.5, 0.6) is 11.5 Å². The van der Waals surface area contributed by atoms with Gasteiger partial charge in [-0.05, 0) is 30.5 Å². The first kappa shape index (κ1) is 21.6. The van der Waals surface area contributed by atoms with Crippen LogP contribution in [-0.4, -0.2) is 58.2 Å². The van der Waals surface area contributed by atoms with Crippen LogP contribution in [0.4, 0.5) is 0 Å². The Hall–Kier alpha value is -2.65. The molecule has 3 unspecified atom stereocenters. The number of fused-ring (bicyclic) bond motifs is 1. The van der Waals surface area contributed by atoms with Gasteiger partial charge in [-0.25, -0.2) is 0 Å². The van der Waals surface area contributed by atoms with Crippen LogP contribution in [0.2, 0.25) is 0 Å². The maximum atomic E-state index is 13.2. The zero-order valence-electron chi connectivity index (χ0n) is 18.1. The van der Waals surface area contributed by atoms with Crippen molar-refractivity contribution in [1.82, 2.24) is 15.3 Å². The lowest BCUT2D eigenvalue weighted by Gasteiger charge is -2.34. The van der Waals surface area contributed by atoms with Crippen molar-refractivity contribution in [2.45, 2.75) is 63.8 Å². The fourth-order valence-electron chi connectivity index (χ4n) is 5.17. The van der Waals surface area contributed by atoms with Crippen molar-refractivity contribution >= 4 is 17.8 Å². The van der Waals surface area contributed by atoms with Crippen molar-refractivity contribution in [3.63, 3.8) is 0 Å². The van der Waals surface area contributed by atoms with Crippen molar-refractivity contribution in [3.8, 4) is 11.5 Å². The van der Waals surface area contributed by atoms with E-state index in [1.165, 1.54) is 32.4 Å². The van der Waals surface area contributed by atoms with Gasteiger partial charge in [0, 0.05) is 26.4 Å². The highest BCUT2D eigenvalue weighted by Crippen LogP contribution is 2.47. The summed E-state index contributed by atoms with van der Waals surface area (Å²) in [5.74, 6) is -1.11. The Balaban J connectivity index is 1.69. The van der Waals surface area contributed by atoms with Crippen molar-refractivity contribution < 1.29 is 29.0 Å². The zero-order valence-corrected chi connectivity index (χ0v) is 18.1. The van der Waals surface area contributed by atoms with Crippen molar-refractivity contribution in [1.29, 1.82) is 0 Å².